The molecule has 3 N–H and O–H groups in total. The number of aliphatic hydroxyl groups excluding tert-OH is 3. The lowest BCUT2D eigenvalue weighted by atomic mass is 10.1. The van der Waals surface area contributed by atoms with Crippen LogP contribution in [0.15, 0.2) is 18.3 Å². The van der Waals surface area contributed by atoms with Crippen LogP contribution in [0.4, 0.5) is 0 Å². The summed E-state index contributed by atoms with van der Waals surface area (Å²) in [6.07, 6.45) is 0.00162. The Labute approximate surface area is 161 Å². The number of ether oxygens (including phenoxy) is 5. The highest BCUT2D eigenvalue weighted by Gasteiger charge is 2.54. The molecule has 11 nitrogen and oxygen atoms in total. The van der Waals surface area contributed by atoms with E-state index in [9.17, 15) is 10.2 Å². The van der Waals surface area contributed by atoms with Crippen molar-refractivity contribution in [1.29, 1.82) is 0 Å². The normalized spacial score (nSPS) is 39.4. The van der Waals surface area contributed by atoms with Crippen molar-refractivity contribution in [2.24, 2.45) is 0 Å². The second-order valence-electron chi connectivity index (χ2n) is 7.48. The molecule has 4 heterocycles. The Morgan fingerprint density at radius 1 is 1.18 bits per heavy atom. The summed E-state index contributed by atoms with van der Waals surface area (Å²) in [5.41, 5.74) is 0.560. The van der Waals surface area contributed by atoms with E-state index in [0.717, 1.165) is 0 Å². The maximum atomic E-state index is 10.4. The predicted molar refractivity (Wildman–Crippen MR) is 90.4 cm³/mol. The van der Waals surface area contributed by atoms with Crippen molar-refractivity contribution < 1.29 is 39.0 Å². The highest BCUT2D eigenvalue weighted by molar-refractivity contribution is 5.00. The van der Waals surface area contributed by atoms with E-state index in [1.165, 1.54) is 6.08 Å². The maximum Gasteiger partial charge on any atom is 0.190 e. The van der Waals surface area contributed by atoms with Gasteiger partial charge in [-0.1, -0.05) is 11.3 Å². The van der Waals surface area contributed by atoms with Crippen molar-refractivity contribution in [2.75, 3.05) is 6.61 Å². The topological polar surface area (TPSA) is 138 Å². The second kappa shape index (κ2) is 7.76. The van der Waals surface area contributed by atoms with E-state index in [1.54, 1.807) is 30.8 Å². The molecule has 0 spiro atoms. The molecule has 7 atom stereocenters. The summed E-state index contributed by atoms with van der Waals surface area (Å²) in [6, 6.07) is 0. The number of fused-ring (bicyclic) bond motifs is 1. The van der Waals surface area contributed by atoms with Crippen molar-refractivity contribution in [3.05, 3.63) is 24.0 Å². The van der Waals surface area contributed by atoms with Gasteiger partial charge in [-0.25, -0.2) is 4.68 Å². The lowest BCUT2D eigenvalue weighted by Crippen LogP contribution is -2.38. The molecule has 1 aromatic rings. The van der Waals surface area contributed by atoms with Gasteiger partial charge in [0.2, 0.25) is 0 Å². The monoisotopic (exact) mass is 399 g/mol. The molecule has 0 saturated carbocycles. The molecule has 0 radical (unpaired) electrons. The van der Waals surface area contributed by atoms with Gasteiger partial charge in [0.1, 0.15) is 36.2 Å². The van der Waals surface area contributed by atoms with E-state index in [-0.39, 0.29) is 19.8 Å². The smallest absolute Gasteiger partial charge is 0.190 e. The highest BCUT2D eigenvalue weighted by Crippen LogP contribution is 2.37. The summed E-state index contributed by atoms with van der Waals surface area (Å²) < 4.78 is 29.6. The molecule has 3 aliphatic heterocycles. The van der Waals surface area contributed by atoms with Crippen LogP contribution in [0.25, 0.3) is 0 Å². The van der Waals surface area contributed by atoms with Gasteiger partial charge in [-0.3, -0.25) is 0 Å². The van der Waals surface area contributed by atoms with Crippen LogP contribution in [0.5, 0.6) is 0 Å². The Hall–Kier alpha value is -1.44. The lowest BCUT2D eigenvalue weighted by molar-refractivity contribution is -0.216. The van der Waals surface area contributed by atoms with E-state index >= 15 is 0 Å². The maximum absolute atomic E-state index is 10.4. The summed E-state index contributed by atoms with van der Waals surface area (Å²) in [7, 11) is 0. The minimum absolute atomic E-state index is 0.128. The number of hydrogen-bond donors (Lipinski definition) is 3. The Kier molecular flexibility index (Phi) is 5.51. The van der Waals surface area contributed by atoms with Crippen molar-refractivity contribution in [2.45, 2.75) is 75.9 Å². The summed E-state index contributed by atoms with van der Waals surface area (Å²) in [5, 5.41) is 37.2. The first-order chi connectivity index (χ1) is 13.3. The first kappa shape index (κ1) is 19.9. The SMILES string of the molecule is CC1(C)O[C@H]2O[C@H](Cn3cc(CO[C@@H]4C=C[C@H](O)[C@@H](CO)O4)nn3)[C@H](O)[C@H]2O1. The van der Waals surface area contributed by atoms with Crippen LogP contribution in [0.1, 0.15) is 19.5 Å². The molecule has 2 fully saturated rings. The van der Waals surface area contributed by atoms with Crippen LogP contribution in [0, 0.1) is 0 Å². The molecular weight excluding hydrogens is 374 g/mol. The molecule has 4 rings (SSSR count). The molecule has 11 heteroatoms. The zero-order valence-electron chi connectivity index (χ0n) is 15.6. The number of aromatic nitrogens is 3. The van der Waals surface area contributed by atoms with Crippen LogP contribution in [0.3, 0.4) is 0 Å². The highest BCUT2D eigenvalue weighted by atomic mass is 16.8. The van der Waals surface area contributed by atoms with Crippen molar-refractivity contribution in [3.63, 3.8) is 0 Å². The minimum atomic E-state index is -0.860. The van der Waals surface area contributed by atoms with Crippen molar-refractivity contribution in [1.82, 2.24) is 15.0 Å². The van der Waals surface area contributed by atoms with Crippen molar-refractivity contribution >= 4 is 0 Å². The van der Waals surface area contributed by atoms with Crippen LogP contribution < -0.4 is 0 Å². The van der Waals surface area contributed by atoms with E-state index in [0.29, 0.717) is 5.69 Å². The van der Waals surface area contributed by atoms with E-state index < -0.39 is 48.9 Å². The Bertz CT molecular complexity index is 710. The molecule has 0 amide bonds. The molecule has 0 aromatic carbocycles. The zero-order valence-corrected chi connectivity index (χ0v) is 15.6. The average molecular weight is 399 g/mol. The largest absolute Gasteiger partial charge is 0.394 e. The molecule has 3 aliphatic rings. The van der Waals surface area contributed by atoms with Crippen LogP contribution in [-0.4, -0.2) is 85.8 Å². The van der Waals surface area contributed by atoms with Gasteiger partial charge in [0.05, 0.1) is 26.0 Å². The number of rotatable bonds is 6. The standard InChI is InChI=1S/C17H25N3O8/c1-17(2)27-15-14(23)11(26-16(15)28-17)6-20-5-9(18-19-20)8-24-13-4-3-10(22)12(7-21)25-13/h3-5,10-16,21-23H,6-8H2,1-2H3/t10-,11+,12+,13-,14-,15+,16+/m0/s1. The predicted octanol–water partition coefficient (Wildman–Crippen LogP) is -1.33. The fourth-order valence-electron chi connectivity index (χ4n) is 3.43. The molecular formula is C17H25N3O8. The van der Waals surface area contributed by atoms with Crippen LogP contribution in [-0.2, 0) is 36.8 Å². The third-order valence-electron chi connectivity index (χ3n) is 4.80. The Morgan fingerprint density at radius 2 is 2.00 bits per heavy atom. The Balaban J connectivity index is 1.28. The third-order valence-corrected chi connectivity index (χ3v) is 4.80. The zero-order chi connectivity index (χ0) is 19.9. The van der Waals surface area contributed by atoms with E-state index in [1.807, 2.05) is 0 Å². The van der Waals surface area contributed by atoms with Gasteiger partial charge in [-0.2, -0.15) is 0 Å². The van der Waals surface area contributed by atoms with Gasteiger partial charge >= 0.3 is 0 Å². The van der Waals surface area contributed by atoms with Crippen LogP contribution >= 0.6 is 0 Å². The first-order valence-corrected chi connectivity index (χ1v) is 9.17. The quantitative estimate of drug-likeness (QED) is 0.493. The van der Waals surface area contributed by atoms with Gasteiger partial charge in [0.15, 0.2) is 18.4 Å². The number of aliphatic hydroxyl groups is 3. The summed E-state index contributed by atoms with van der Waals surface area (Å²) in [6.45, 7) is 3.65. The molecule has 1 aromatic heterocycles. The number of nitrogens with zero attached hydrogens (tertiary/aromatic N) is 3. The summed E-state index contributed by atoms with van der Waals surface area (Å²) in [5.74, 6) is -0.778. The molecule has 156 valence electrons. The number of hydrogen-bond acceptors (Lipinski definition) is 10. The van der Waals surface area contributed by atoms with E-state index in [4.69, 9.17) is 28.8 Å². The molecule has 2 saturated heterocycles. The van der Waals surface area contributed by atoms with Gasteiger partial charge in [0, 0.05) is 0 Å². The first-order valence-electron chi connectivity index (χ1n) is 9.17. The van der Waals surface area contributed by atoms with E-state index in [2.05, 4.69) is 10.3 Å². The fourth-order valence-corrected chi connectivity index (χ4v) is 3.43. The third kappa shape index (κ3) is 4.11. The van der Waals surface area contributed by atoms with Gasteiger partial charge in [-0.05, 0) is 19.9 Å². The van der Waals surface area contributed by atoms with Gasteiger partial charge < -0.3 is 39.0 Å². The van der Waals surface area contributed by atoms with Crippen LogP contribution in [0.2, 0.25) is 0 Å². The van der Waals surface area contributed by atoms with Gasteiger partial charge in [-0.15, -0.1) is 5.10 Å². The molecule has 28 heavy (non-hydrogen) atoms. The molecule has 0 bridgehead atoms. The summed E-state index contributed by atoms with van der Waals surface area (Å²) >= 11 is 0. The fraction of sp³-hybridized carbons (Fsp3) is 0.765. The van der Waals surface area contributed by atoms with Gasteiger partial charge in [0.25, 0.3) is 0 Å². The molecule has 0 unspecified atom stereocenters. The van der Waals surface area contributed by atoms with Crippen molar-refractivity contribution in [3.8, 4) is 0 Å². The second-order valence-corrected chi connectivity index (χ2v) is 7.48. The minimum Gasteiger partial charge on any atom is -0.394 e. The Morgan fingerprint density at radius 3 is 2.75 bits per heavy atom. The summed E-state index contributed by atoms with van der Waals surface area (Å²) in [4.78, 5) is 0. The molecule has 0 aliphatic carbocycles. The lowest BCUT2D eigenvalue weighted by Gasteiger charge is -2.27. The average Bonchev–Trinajstić information content (AvgIpc) is 3.30.